The van der Waals surface area contributed by atoms with E-state index in [2.05, 4.69) is 17.1 Å². The molecule has 0 unspecified atom stereocenters. The first kappa shape index (κ1) is 13.3. The maximum atomic E-state index is 12.3. The molecular formula is C16H17NO2. The fraction of sp³-hybridized carbons (Fsp3) is 0.250. The Kier molecular flexibility index (Phi) is 3.95. The van der Waals surface area contributed by atoms with E-state index in [0.29, 0.717) is 17.7 Å². The second-order valence-corrected chi connectivity index (χ2v) is 4.61. The lowest BCUT2D eigenvalue weighted by Crippen LogP contribution is -2.07. The van der Waals surface area contributed by atoms with E-state index in [9.17, 15) is 4.79 Å². The predicted octanol–water partition coefficient (Wildman–Crippen LogP) is 3.13. The van der Waals surface area contributed by atoms with Crippen LogP contribution in [0.25, 0.3) is 0 Å². The smallest absolute Gasteiger partial charge is 0.171 e. The summed E-state index contributed by atoms with van der Waals surface area (Å²) in [7, 11) is 1.55. The molecular weight excluding hydrogens is 238 g/mol. The van der Waals surface area contributed by atoms with E-state index >= 15 is 0 Å². The lowest BCUT2D eigenvalue weighted by molar-refractivity contribution is 0.0989. The number of aromatic nitrogens is 1. The van der Waals surface area contributed by atoms with Crippen molar-refractivity contribution in [3.05, 3.63) is 58.9 Å². The van der Waals surface area contributed by atoms with Gasteiger partial charge >= 0.3 is 0 Å². The van der Waals surface area contributed by atoms with E-state index < -0.39 is 0 Å². The lowest BCUT2D eigenvalue weighted by Gasteiger charge is -2.09. The molecule has 0 N–H and O–H groups in total. The zero-order chi connectivity index (χ0) is 13.8. The lowest BCUT2D eigenvalue weighted by atomic mass is 9.98. The molecule has 98 valence electrons. The average Bonchev–Trinajstić information content (AvgIpc) is 2.42. The highest BCUT2D eigenvalue weighted by Crippen LogP contribution is 2.20. The van der Waals surface area contributed by atoms with Crippen molar-refractivity contribution in [3.8, 4) is 5.75 Å². The highest BCUT2D eigenvalue weighted by molar-refractivity contribution is 5.99. The first-order valence-corrected chi connectivity index (χ1v) is 6.19. The first-order chi connectivity index (χ1) is 9.11. The molecule has 0 saturated heterocycles. The van der Waals surface area contributed by atoms with Crippen molar-refractivity contribution in [1.29, 1.82) is 0 Å². The van der Waals surface area contributed by atoms with Crippen LogP contribution < -0.4 is 4.74 Å². The Bertz CT molecular complexity index is 605. The van der Waals surface area contributed by atoms with Crippen LogP contribution in [-0.4, -0.2) is 17.9 Å². The summed E-state index contributed by atoms with van der Waals surface area (Å²) in [6, 6.07) is 7.85. The minimum absolute atomic E-state index is 0.0490. The summed E-state index contributed by atoms with van der Waals surface area (Å²) in [5, 5.41) is 0. The number of aryl methyl sites for hydroxylation is 2. The molecule has 0 radical (unpaired) electrons. The van der Waals surface area contributed by atoms with Gasteiger partial charge in [0.05, 0.1) is 18.9 Å². The monoisotopic (exact) mass is 255 g/mol. The van der Waals surface area contributed by atoms with Crippen LogP contribution in [-0.2, 0) is 6.42 Å². The standard InChI is InChI=1S/C16H17NO2/c1-11-4-5-12(2)13(8-11)9-15(18)14-6-7-17-10-16(14)19-3/h4-8,10H,9H2,1-3H3. The summed E-state index contributed by atoms with van der Waals surface area (Å²) in [6.45, 7) is 4.05. The maximum absolute atomic E-state index is 12.3. The molecule has 3 nitrogen and oxygen atoms in total. The van der Waals surface area contributed by atoms with Gasteiger partial charge in [0.25, 0.3) is 0 Å². The molecule has 0 aliphatic heterocycles. The van der Waals surface area contributed by atoms with Crippen molar-refractivity contribution in [2.45, 2.75) is 20.3 Å². The van der Waals surface area contributed by atoms with Crippen molar-refractivity contribution in [1.82, 2.24) is 4.98 Å². The topological polar surface area (TPSA) is 39.2 Å². The van der Waals surface area contributed by atoms with Gasteiger partial charge < -0.3 is 4.74 Å². The molecule has 2 rings (SSSR count). The molecule has 0 bridgehead atoms. The Labute approximate surface area is 113 Å². The summed E-state index contributed by atoms with van der Waals surface area (Å²) in [5.74, 6) is 0.575. The third-order valence-corrected chi connectivity index (χ3v) is 3.16. The fourth-order valence-electron chi connectivity index (χ4n) is 2.03. The molecule has 1 heterocycles. The van der Waals surface area contributed by atoms with Gasteiger partial charge in [-0.05, 0) is 31.0 Å². The molecule has 0 amide bonds. The van der Waals surface area contributed by atoms with Crippen molar-refractivity contribution >= 4 is 5.78 Å². The number of carbonyl (C=O) groups excluding carboxylic acids is 1. The highest BCUT2D eigenvalue weighted by atomic mass is 16.5. The van der Waals surface area contributed by atoms with Gasteiger partial charge in [0.2, 0.25) is 0 Å². The van der Waals surface area contributed by atoms with E-state index in [0.717, 1.165) is 16.7 Å². The number of carbonyl (C=O) groups is 1. The summed E-state index contributed by atoms with van der Waals surface area (Å²) in [6.07, 6.45) is 3.56. The molecule has 0 aliphatic carbocycles. The molecule has 19 heavy (non-hydrogen) atoms. The molecule has 3 heteroatoms. The number of pyridine rings is 1. The number of methoxy groups -OCH3 is 1. The van der Waals surface area contributed by atoms with Gasteiger partial charge in [-0.1, -0.05) is 23.8 Å². The zero-order valence-corrected chi connectivity index (χ0v) is 11.4. The van der Waals surface area contributed by atoms with Crippen LogP contribution in [0, 0.1) is 13.8 Å². The molecule has 0 fully saturated rings. The van der Waals surface area contributed by atoms with Gasteiger partial charge in [0, 0.05) is 12.6 Å². The van der Waals surface area contributed by atoms with Gasteiger partial charge in [-0.3, -0.25) is 9.78 Å². The van der Waals surface area contributed by atoms with E-state index in [4.69, 9.17) is 4.74 Å². The minimum atomic E-state index is 0.0490. The number of Topliss-reactive ketones (excluding diaryl/α,β-unsaturated/α-hetero) is 1. The van der Waals surface area contributed by atoms with E-state index in [1.807, 2.05) is 19.9 Å². The Morgan fingerprint density at radius 3 is 2.79 bits per heavy atom. The normalized spacial score (nSPS) is 10.3. The number of rotatable bonds is 4. The minimum Gasteiger partial charge on any atom is -0.494 e. The van der Waals surface area contributed by atoms with E-state index in [1.165, 1.54) is 0 Å². The van der Waals surface area contributed by atoms with Crippen LogP contribution in [0.2, 0.25) is 0 Å². The largest absolute Gasteiger partial charge is 0.494 e. The molecule has 0 saturated carbocycles. The number of ether oxygens (including phenoxy) is 1. The highest BCUT2D eigenvalue weighted by Gasteiger charge is 2.13. The van der Waals surface area contributed by atoms with Crippen LogP contribution in [0.3, 0.4) is 0 Å². The number of hydrogen-bond donors (Lipinski definition) is 0. The summed E-state index contributed by atoms with van der Waals surface area (Å²) in [5.41, 5.74) is 3.93. The van der Waals surface area contributed by atoms with Crippen LogP contribution in [0.5, 0.6) is 5.75 Å². The Morgan fingerprint density at radius 1 is 1.26 bits per heavy atom. The van der Waals surface area contributed by atoms with Gasteiger partial charge in [0.1, 0.15) is 5.75 Å². The molecule has 0 atom stereocenters. The SMILES string of the molecule is COc1cnccc1C(=O)Cc1cc(C)ccc1C. The predicted molar refractivity (Wildman–Crippen MR) is 74.7 cm³/mol. The summed E-state index contributed by atoms with van der Waals surface area (Å²) >= 11 is 0. The van der Waals surface area contributed by atoms with E-state index in [1.54, 1.807) is 25.6 Å². The van der Waals surface area contributed by atoms with Crippen molar-refractivity contribution in [3.63, 3.8) is 0 Å². The summed E-state index contributed by atoms with van der Waals surface area (Å²) < 4.78 is 5.17. The van der Waals surface area contributed by atoms with Crippen molar-refractivity contribution in [2.24, 2.45) is 0 Å². The average molecular weight is 255 g/mol. The number of ketones is 1. The Balaban J connectivity index is 2.28. The molecule has 2 aromatic rings. The van der Waals surface area contributed by atoms with Crippen LogP contribution in [0.4, 0.5) is 0 Å². The molecule has 1 aromatic carbocycles. The second-order valence-electron chi connectivity index (χ2n) is 4.61. The van der Waals surface area contributed by atoms with Crippen LogP contribution >= 0.6 is 0 Å². The first-order valence-electron chi connectivity index (χ1n) is 6.19. The molecule has 0 aliphatic rings. The van der Waals surface area contributed by atoms with Crippen LogP contribution in [0.15, 0.2) is 36.7 Å². The Hall–Kier alpha value is -2.16. The second kappa shape index (κ2) is 5.65. The third kappa shape index (κ3) is 2.99. The van der Waals surface area contributed by atoms with Crippen LogP contribution in [0.1, 0.15) is 27.0 Å². The third-order valence-electron chi connectivity index (χ3n) is 3.16. The molecule has 1 aromatic heterocycles. The zero-order valence-electron chi connectivity index (χ0n) is 11.4. The molecule has 0 spiro atoms. The van der Waals surface area contributed by atoms with Gasteiger partial charge in [-0.15, -0.1) is 0 Å². The van der Waals surface area contributed by atoms with Gasteiger partial charge in [0.15, 0.2) is 5.78 Å². The quantitative estimate of drug-likeness (QED) is 0.788. The number of hydrogen-bond acceptors (Lipinski definition) is 3. The van der Waals surface area contributed by atoms with Crippen molar-refractivity contribution < 1.29 is 9.53 Å². The number of nitrogens with zero attached hydrogens (tertiary/aromatic N) is 1. The van der Waals surface area contributed by atoms with Gasteiger partial charge in [-0.2, -0.15) is 0 Å². The van der Waals surface area contributed by atoms with Crippen molar-refractivity contribution in [2.75, 3.05) is 7.11 Å². The number of benzene rings is 1. The summed E-state index contributed by atoms with van der Waals surface area (Å²) in [4.78, 5) is 16.3. The van der Waals surface area contributed by atoms with E-state index in [-0.39, 0.29) is 5.78 Å². The Morgan fingerprint density at radius 2 is 2.05 bits per heavy atom. The van der Waals surface area contributed by atoms with Gasteiger partial charge in [-0.25, -0.2) is 0 Å². The fourth-order valence-corrected chi connectivity index (χ4v) is 2.03. The maximum Gasteiger partial charge on any atom is 0.171 e.